The first-order valence-corrected chi connectivity index (χ1v) is 14.7. The molecule has 42 heavy (non-hydrogen) atoms. The molecular formula is C31H32N4O6S. The number of hydrazone groups is 1. The molecule has 0 atom stereocenters. The van der Waals surface area contributed by atoms with E-state index in [2.05, 4.69) is 15.8 Å². The number of carbonyl (C=O) groups excluding carboxylic acids is 2. The summed E-state index contributed by atoms with van der Waals surface area (Å²) in [5, 5.41) is 6.26. The van der Waals surface area contributed by atoms with Gasteiger partial charge in [-0.2, -0.15) is 9.41 Å². The molecule has 11 heteroatoms. The van der Waals surface area contributed by atoms with Crippen LogP contribution in [-0.2, 0) is 32.7 Å². The summed E-state index contributed by atoms with van der Waals surface area (Å²) in [6.45, 7) is 6.34. The molecule has 0 aliphatic heterocycles. The zero-order chi connectivity index (χ0) is 30.1. The van der Waals surface area contributed by atoms with Crippen molar-refractivity contribution in [3.63, 3.8) is 0 Å². The maximum absolute atomic E-state index is 13.6. The topological polar surface area (TPSA) is 130 Å². The largest absolute Gasteiger partial charge is 0.494 e. The standard InChI is InChI=1S/C31H32N4O6S/c1-4-40-26-13-11-25(12-14-26)33-30(36)31(37)34-32-19-27-15-16-28(41-27)21-35(20-24-9-5-22(2)6-10-24)42(38,39)29-17-7-23(3)8-18-29/h5-19H,4,20-21H2,1-3H3,(H,33,36)(H,34,37)/b32-19+. The molecule has 0 saturated heterocycles. The lowest BCUT2D eigenvalue weighted by molar-refractivity contribution is -0.136. The van der Waals surface area contributed by atoms with Crippen molar-refractivity contribution >= 4 is 33.7 Å². The van der Waals surface area contributed by atoms with E-state index < -0.39 is 21.8 Å². The number of aryl methyl sites for hydroxylation is 2. The average Bonchev–Trinajstić information content (AvgIpc) is 3.42. The molecule has 1 heterocycles. The normalized spacial score (nSPS) is 11.5. The summed E-state index contributed by atoms with van der Waals surface area (Å²) in [5.41, 5.74) is 5.43. The summed E-state index contributed by atoms with van der Waals surface area (Å²) in [4.78, 5) is 24.5. The molecule has 4 aromatic rings. The molecular weight excluding hydrogens is 556 g/mol. The van der Waals surface area contributed by atoms with E-state index in [-0.39, 0.29) is 23.7 Å². The number of carbonyl (C=O) groups is 2. The van der Waals surface area contributed by atoms with Gasteiger partial charge in [-0.15, -0.1) is 0 Å². The van der Waals surface area contributed by atoms with Gasteiger partial charge in [0.1, 0.15) is 17.3 Å². The number of anilines is 1. The number of furan rings is 1. The molecule has 0 unspecified atom stereocenters. The minimum Gasteiger partial charge on any atom is -0.494 e. The summed E-state index contributed by atoms with van der Waals surface area (Å²) in [5.74, 6) is -0.586. The van der Waals surface area contributed by atoms with Crippen LogP contribution in [0.2, 0.25) is 0 Å². The van der Waals surface area contributed by atoms with Crippen molar-refractivity contribution < 1.29 is 27.2 Å². The molecule has 0 radical (unpaired) electrons. The van der Waals surface area contributed by atoms with Crippen LogP contribution in [0.4, 0.5) is 5.69 Å². The Kier molecular flexibility index (Phi) is 9.89. The number of hydrogen-bond acceptors (Lipinski definition) is 7. The second kappa shape index (κ2) is 13.7. The smallest absolute Gasteiger partial charge is 0.329 e. The Labute approximate surface area is 245 Å². The number of hydrogen-bond donors (Lipinski definition) is 2. The van der Waals surface area contributed by atoms with Crippen molar-refractivity contribution in [1.82, 2.24) is 9.73 Å². The van der Waals surface area contributed by atoms with E-state index in [1.165, 1.54) is 10.5 Å². The summed E-state index contributed by atoms with van der Waals surface area (Å²) in [6, 6.07) is 24.1. The van der Waals surface area contributed by atoms with Gasteiger partial charge in [0.05, 0.1) is 24.3 Å². The van der Waals surface area contributed by atoms with E-state index in [9.17, 15) is 18.0 Å². The van der Waals surface area contributed by atoms with Crippen molar-refractivity contribution in [3.8, 4) is 5.75 Å². The molecule has 2 N–H and O–H groups in total. The van der Waals surface area contributed by atoms with Crippen molar-refractivity contribution in [1.29, 1.82) is 0 Å². The Morgan fingerprint density at radius 2 is 1.50 bits per heavy atom. The molecule has 1 aromatic heterocycles. The summed E-state index contributed by atoms with van der Waals surface area (Å²) < 4.78 is 39.6. The van der Waals surface area contributed by atoms with Gasteiger partial charge in [0.15, 0.2) is 0 Å². The Morgan fingerprint density at radius 3 is 2.14 bits per heavy atom. The average molecular weight is 589 g/mol. The molecule has 0 saturated carbocycles. The van der Waals surface area contributed by atoms with E-state index in [1.54, 1.807) is 60.7 Å². The zero-order valence-corrected chi connectivity index (χ0v) is 24.4. The third-order valence-corrected chi connectivity index (χ3v) is 7.95. The highest BCUT2D eigenvalue weighted by Crippen LogP contribution is 2.23. The van der Waals surface area contributed by atoms with E-state index >= 15 is 0 Å². The number of sulfonamides is 1. The molecule has 10 nitrogen and oxygen atoms in total. The number of amides is 2. The molecule has 0 fully saturated rings. The minimum absolute atomic E-state index is 0.0330. The predicted octanol–water partition coefficient (Wildman–Crippen LogP) is 4.78. The fraction of sp³-hybridized carbons (Fsp3) is 0.194. The summed E-state index contributed by atoms with van der Waals surface area (Å²) in [7, 11) is -3.85. The van der Waals surface area contributed by atoms with Crippen LogP contribution in [0, 0.1) is 13.8 Å². The highest BCUT2D eigenvalue weighted by Gasteiger charge is 2.26. The Balaban J connectivity index is 1.41. The van der Waals surface area contributed by atoms with Gasteiger partial charge in [-0.1, -0.05) is 47.5 Å². The molecule has 0 bridgehead atoms. The van der Waals surface area contributed by atoms with Gasteiger partial charge in [-0.25, -0.2) is 13.8 Å². The fourth-order valence-electron chi connectivity index (χ4n) is 3.90. The lowest BCUT2D eigenvalue weighted by atomic mass is 10.1. The first-order chi connectivity index (χ1) is 20.1. The van der Waals surface area contributed by atoms with E-state index in [0.29, 0.717) is 23.8 Å². The van der Waals surface area contributed by atoms with E-state index in [1.807, 2.05) is 45.0 Å². The minimum atomic E-state index is -3.85. The van der Waals surface area contributed by atoms with Gasteiger partial charge >= 0.3 is 11.8 Å². The molecule has 0 spiro atoms. The SMILES string of the molecule is CCOc1ccc(NC(=O)C(=O)N/N=C/c2ccc(CN(Cc3ccc(C)cc3)S(=O)(=O)c3ccc(C)cc3)o2)cc1. The molecule has 218 valence electrons. The van der Waals surface area contributed by atoms with Crippen molar-refractivity contribution in [2.24, 2.45) is 5.10 Å². The fourth-order valence-corrected chi connectivity index (χ4v) is 5.29. The first kappa shape index (κ1) is 30.2. The predicted molar refractivity (Wildman–Crippen MR) is 159 cm³/mol. The van der Waals surface area contributed by atoms with Gasteiger partial charge in [0.25, 0.3) is 0 Å². The van der Waals surface area contributed by atoms with Gasteiger partial charge in [0, 0.05) is 12.2 Å². The monoisotopic (exact) mass is 588 g/mol. The lowest BCUT2D eigenvalue weighted by Gasteiger charge is -2.21. The maximum Gasteiger partial charge on any atom is 0.329 e. The number of benzene rings is 3. The molecule has 2 amide bonds. The first-order valence-electron chi connectivity index (χ1n) is 13.2. The van der Waals surface area contributed by atoms with Crippen LogP contribution in [0.15, 0.2) is 99.3 Å². The van der Waals surface area contributed by atoms with E-state index in [4.69, 9.17) is 9.15 Å². The highest BCUT2D eigenvalue weighted by molar-refractivity contribution is 7.89. The van der Waals surface area contributed by atoms with Crippen molar-refractivity contribution in [2.45, 2.75) is 38.8 Å². The van der Waals surface area contributed by atoms with Crippen molar-refractivity contribution in [2.75, 3.05) is 11.9 Å². The third kappa shape index (κ3) is 8.15. The summed E-state index contributed by atoms with van der Waals surface area (Å²) >= 11 is 0. The van der Waals surface area contributed by atoms with Crippen LogP contribution in [0.3, 0.4) is 0 Å². The van der Waals surface area contributed by atoms with Crippen LogP contribution in [-0.4, -0.2) is 37.4 Å². The Bertz CT molecular complexity index is 1650. The lowest BCUT2D eigenvalue weighted by Crippen LogP contribution is -2.32. The number of rotatable bonds is 11. The number of nitrogens with one attached hydrogen (secondary N) is 2. The van der Waals surface area contributed by atoms with Crippen LogP contribution < -0.4 is 15.5 Å². The second-order valence-electron chi connectivity index (χ2n) is 9.49. The Hall–Kier alpha value is -4.74. The maximum atomic E-state index is 13.6. The van der Waals surface area contributed by atoms with Gasteiger partial charge in [-0.05, 0) is 74.9 Å². The highest BCUT2D eigenvalue weighted by atomic mass is 32.2. The van der Waals surface area contributed by atoms with Gasteiger partial charge in [-0.3, -0.25) is 9.59 Å². The van der Waals surface area contributed by atoms with Crippen LogP contribution in [0.5, 0.6) is 5.75 Å². The van der Waals surface area contributed by atoms with Crippen LogP contribution in [0.1, 0.15) is 35.1 Å². The Morgan fingerprint density at radius 1 is 0.857 bits per heavy atom. The van der Waals surface area contributed by atoms with Gasteiger partial charge in [0.2, 0.25) is 10.0 Å². The van der Waals surface area contributed by atoms with E-state index in [0.717, 1.165) is 16.7 Å². The molecule has 4 rings (SSSR count). The number of nitrogens with zero attached hydrogens (tertiary/aromatic N) is 2. The second-order valence-corrected chi connectivity index (χ2v) is 11.4. The van der Waals surface area contributed by atoms with Crippen molar-refractivity contribution in [3.05, 3.63) is 113 Å². The zero-order valence-electron chi connectivity index (χ0n) is 23.5. The quantitative estimate of drug-likeness (QED) is 0.147. The third-order valence-electron chi connectivity index (χ3n) is 6.14. The van der Waals surface area contributed by atoms with Gasteiger partial charge < -0.3 is 14.5 Å². The van der Waals surface area contributed by atoms with Crippen LogP contribution in [0.25, 0.3) is 0 Å². The molecule has 0 aliphatic carbocycles. The molecule has 0 aliphatic rings. The summed E-state index contributed by atoms with van der Waals surface area (Å²) in [6.07, 6.45) is 1.23. The van der Waals surface area contributed by atoms with Crippen LogP contribution >= 0.6 is 0 Å². The number of ether oxygens (including phenoxy) is 1. The molecule has 3 aromatic carbocycles.